The van der Waals surface area contributed by atoms with Crippen molar-refractivity contribution in [2.45, 2.75) is 32.1 Å². The molecule has 1 fully saturated rings. The van der Waals surface area contributed by atoms with E-state index in [-0.39, 0.29) is 0 Å². The lowest BCUT2D eigenvalue weighted by atomic mass is 9.86. The largest absolute Gasteiger partial charge is 0.493 e. The Morgan fingerprint density at radius 3 is 2.80 bits per heavy atom. The zero-order chi connectivity index (χ0) is 10.7. The third-order valence-electron chi connectivity index (χ3n) is 3.13. The molecule has 1 aromatic carbocycles. The van der Waals surface area contributed by atoms with Gasteiger partial charge in [-0.25, -0.2) is 0 Å². The minimum absolute atomic E-state index is 0.529. The topological polar surface area (TPSA) is 9.23 Å². The Bertz CT molecular complexity index is 331. The van der Waals surface area contributed by atoms with Crippen LogP contribution in [-0.2, 0) is 5.88 Å². The van der Waals surface area contributed by atoms with Crippen LogP contribution in [0, 0.1) is 12.8 Å². The van der Waals surface area contributed by atoms with Gasteiger partial charge in [-0.2, -0.15) is 0 Å². The molecule has 0 amide bonds. The fourth-order valence-corrected chi connectivity index (χ4v) is 2.10. The zero-order valence-corrected chi connectivity index (χ0v) is 9.89. The molecule has 15 heavy (non-hydrogen) atoms. The molecule has 1 nitrogen and oxygen atoms in total. The summed E-state index contributed by atoms with van der Waals surface area (Å²) in [4.78, 5) is 0. The molecule has 0 N–H and O–H groups in total. The second kappa shape index (κ2) is 4.89. The van der Waals surface area contributed by atoms with Crippen molar-refractivity contribution in [3.8, 4) is 5.75 Å². The summed E-state index contributed by atoms with van der Waals surface area (Å²) in [6.45, 7) is 2.93. The van der Waals surface area contributed by atoms with E-state index in [2.05, 4.69) is 13.0 Å². The molecule has 2 heteroatoms. The SMILES string of the molecule is Cc1cccc(CCl)c1OCC1CCC1. The van der Waals surface area contributed by atoms with Crippen LogP contribution in [0.2, 0.25) is 0 Å². The van der Waals surface area contributed by atoms with Gasteiger partial charge in [0.05, 0.1) is 12.5 Å². The van der Waals surface area contributed by atoms with Gasteiger partial charge in [0.2, 0.25) is 0 Å². The minimum atomic E-state index is 0.529. The van der Waals surface area contributed by atoms with Gasteiger partial charge in [0.25, 0.3) is 0 Å². The van der Waals surface area contributed by atoms with Gasteiger partial charge in [-0.1, -0.05) is 24.6 Å². The maximum absolute atomic E-state index is 5.89. The van der Waals surface area contributed by atoms with Crippen molar-refractivity contribution in [3.63, 3.8) is 0 Å². The van der Waals surface area contributed by atoms with Crippen LogP contribution in [0.4, 0.5) is 0 Å². The normalized spacial score (nSPS) is 16.1. The average molecular weight is 225 g/mol. The molecule has 0 radical (unpaired) electrons. The predicted octanol–water partition coefficient (Wildman–Crippen LogP) is 3.91. The van der Waals surface area contributed by atoms with Gasteiger partial charge in [0.15, 0.2) is 0 Å². The van der Waals surface area contributed by atoms with Gasteiger partial charge in [-0.15, -0.1) is 11.6 Å². The minimum Gasteiger partial charge on any atom is -0.493 e. The lowest BCUT2D eigenvalue weighted by Crippen LogP contribution is -2.19. The number of rotatable bonds is 4. The number of halogens is 1. The van der Waals surface area contributed by atoms with Gasteiger partial charge in [0.1, 0.15) is 5.75 Å². The van der Waals surface area contributed by atoms with Crippen LogP contribution in [0.5, 0.6) is 5.75 Å². The molecule has 0 heterocycles. The number of ether oxygens (including phenoxy) is 1. The Hall–Kier alpha value is -0.690. The number of hydrogen-bond donors (Lipinski definition) is 0. The van der Waals surface area contributed by atoms with E-state index in [1.165, 1.54) is 24.8 Å². The van der Waals surface area contributed by atoms with E-state index in [4.69, 9.17) is 16.3 Å². The van der Waals surface area contributed by atoms with Crippen LogP contribution >= 0.6 is 11.6 Å². The molecule has 1 aromatic rings. The smallest absolute Gasteiger partial charge is 0.126 e. The zero-order valence-electron chi connectivity index (χ0n) is 9.13. The number of alkyl halides is 1. The fourth-order valence-electron chi connectivity index (χ4n) is 1.89. The highest BCUT2D eigenvalue weighted by atomic mass is 35.5. The average Bonchev–Trinajstić information content (AvgIpc) is 2.17. The maximum Gasteiger partial charge on any atom is 0.126 e. The summed E-state index contributed by atoms with van der Waals surface area (Å²) in [5.74, 6) is 2.30. The first-order valence-electron chi connectivity index (χ1n) is 5.58. The van der Waals surface area contributed by atoms with Crippen molar-refractivity contribution in [1.82, 2.24) is 0 Å². The van der Waals surface area contributed by atoms with Gasteiger partial charge < -0.3 is 4.74 Å². The first-order chi connectivity index (χ1) is 7.31. The van der Waals surface area contributed by atoms with Gasteiger partial charge in [0, 0.05) is 5.56 Å². The summed E-state index contributed by atoms with van der Waals surface area (Å²) in [5, 5.41) is 0. The third kappa shape index (κ3) is 2.46. The standard InChI is InChI=1S/C13H17ClO/c1-10-4-2-7-12(8-14)13(10)15-9-11-5-3-6-11/h2,4,7,11H,3,5-6,8-9H2,1H3. The molecule has 0 unspecified atom stereocenters. The van der Waals surface area contributed by atoms with E-state index in [9.17, 15) is 0 Å². The van der Waals surface area contributed by atoms with Crippen molar-refractivity contribution in [2.75, 3.05) is 6.61 Å². The Kier molecular flexibility index (Phi) is 3.53. The van der Waals surface area contributed by atoms with Crippen molar-refractivity contribution in [1.29, 1.82) is 0 Å². The molecule has 82 valence electrons. The van der Waals surface area contributed by atoms with Crippen LogP contribution < -0.4 is 4.74 Å². The second-order valence-corrected chi connectivity index (χ2v) is 4.57. The quantitative estimate of drug-likeness (QED) is 0.705. The molecule has 0 aliphatic heterocycles. The summed E-state index contributed by atoms with van der Waals surface area (Å²) in [5.41, 5.74) is 2.29. The van der Waals surface area contributed by atoms with Crippen LogP contribution in [0.15, 0.2) is 18.2 Å². The maximum atomic E-state index is 5.89. The van der Waals surface area contributed by atoms with E-state index in [1.807, 2.05) is 12.1 Å². The Balaban J connectivity index is 2.04. The molecule has 1 aliphatic carbocycles. The molecule has 0 spiro atoms. The van der Waals surface area contributed by atoms with Crippen LogP contribution in [0.3, 0.4) is 0 Å². The van der Waals surface area contributed by atoms with E-state index in [0.717, 1.165) is 23.8 Å². The molecule has 0 aromatic heterocycles. The molecular weight excluding hydrogens is 208 g/mol. The highest BCUT2D eigenvalue weighted by Gasteiger charge is 2.18. The monoisotopic (exact) mass is 224 g/mol. The predicted molar refractivity (Wildman–Crippen MR) is 63.6 cm³/mol. The first-order valence-corrected chi connectivity index (χ1v) is 6.12. The summed E-state index contributed by atoms with van der Waals surface area (Å²) >= 11 is 5.89. The highest BCUT2D eigenvalue weighted by molar-refractivity contribution is 6.17. The lowest BCUT2D eigenvalue weighted by molar-refractivity contribution is 0.179. The van der Waals surface area contributed by atoms with Gasteiger partial charge in [-0.3, -0.25) is 0 Å². The van der Waals surface area contributed by atoms with Gasteiger partial charge in [-0.05, 0) is 31.2 Å². The lowest BCUT2D eigenvalue weighted by Gasteiger charge is -2.26. The van der Waals surface area contributed by atoms with Crippen LogP contribution in [0.25, 0.3) is 0 Å². The number of aryl methyl sites for hydroxylation is 1. The highest BCUT2D eigenvalue weighted by Crippen LogP contribution is 2.30. The summed E-state index contributed by atoms with van der Waals surface area (Å²) in [6, 6.07) is 6.14. The summed E-state index contributed by atoms with van der Waals surface area (Å²) in [7, 11) is 0. The molecule has 2 rings (SSSR count). The molecule has 0 bridgehead atoms. The van der Waals surface area contributed by atoms with Crippen molar-refractivity contribution >= 4 is 11.6 Å². The van der Waals surface area contributed by atoms with E-state index in [1.54, 1.807) is 0 Å². The molecule has 1 saturated carbocycles. The van der Waals surface area contributed by atoms with Crippen LogP contribution in [-0.4, -0.2) is 6.61 Å². The Morgan fingerprint density at radius 2 is 2.20 bits per heavy atom. The van der Waals surface area contributed by atoms with Crippen molar-refractivity contribution in [2.24, 2.45) is 5.92 Å². The summed E-state index contributed by atoms with van der Waals surface area (Å²) in [6.07, 6.45) is 4.01. The van der Waals surface area contributed by atoms with Gasteiger partial charge >= 0.3 is 0 Å². The van der Waals surface area contributed by atoms with E-state index < -0.39 is 0 Å². The summed E-state index contributed by atoms with van der Waals surface area (Å²) < 4.78 is 5.88. The molecule has 0 atom stereocenters. The van der Waals surface area contributed by atoms with Crippen LogP contribution in [0.1, 0.15) is 30.4 Å². The Labute approximate surface area is 96.4 Å². The van der Waals surface area contributed by atoms with Crippen molar-refractivity contribution < 1.29 is 4.74 Å². The Morgan fingerprint density at radius 1 is 1.40 bits per heavy atom. The number of benzene rings is 1. The molecule has 1 aliphatic rings. The molecule has 0 saturated heterocycles. The van der Waals surface area contributed by atoms with E-state index >= 15 is 0 Å². The van der Waals surface area contributed by atoms with E-state index in [0.29, 0.717) is 5.88 Å². The third-order valence-corrected chi connectivity index (χ3v) is 3.41. The van der Waals surface area contributed by atoms with Crippen molar-refractivity contribution in [3.05, 3.63) is 29.3 Å². The first kappa shape index (κ1) is 10.8. The fraction of sp³-hybridized carbons (Fsp3) is 0.538. The number of hydrogen-bond acceptors (Lipinski definition) is 1. The second-order valence-electron chi connectivity index (χ2n) is 4.30. The number of para-hydroxylation sites is 1. The molecular formula is C13H17ClO.